The Labute approximate surface area is 251 Å². The van der Waals surface area contributed by atoms with Crippen molar-refractivity contribution in [2.75, 3.05) is 18.8 Å². The Morgan fingerprint density at radius 2 is 1.73 bits per heavy atom. The lowest BCUT2D eigenvalue weighted by atomic mass is 9.93. The normalized spacial score (nSPS) is 24.0. The maximum Gasteiger partial charge on any atom is 0.240 e. The van der Waals surface area contributed by atoms with Crippen LogP contribution in [-0.2, 0) is 10.0 Å². The summed E-state index contributed by atoms with van der Waals surface area (Å²) in [5.74, 6) is 2.49. The first kappa shape index (κ1) is 30.3. The fourth-order valence-electron chi connectivity index (χ4n) is 6.60. The molecule has 2 aromatic carbocycles. The Morgan fingerprint density at radius 3 is 2.51 bits per heavy atom. The second-order valence-corrected chi connectivity index (χ2v) is 14.8. The SMILES string of the molecule is CCCN(CC[C@H]1CCC[C@H](NS(=O)(=O)c2ccc(-c3ccccc3)cc2)CC1)[C@H]1CCC2=C(C1)SCCC(N)=N2. The second-order valence-electron chi connectivity index (χ2n) is 11.9. The first-order chi connectivity index (χ1) is 19.9. The van der Waals surface area contributed by atoms with Gasteiger partial charge in [0.2, 0.25) is 10.0 Å². The molecule has 6 nitrogen and oxygen atoms in total. The van der Waals surface area contributed by atoms with Crippen LogP contribution in [0.15, 0.2) is 75.1 Å². The molecule has 8 heteroatoms. The number of nitrogens with two attached hydrogens (primary N) is 1. The number of allylic oxidation sites excluding steroid dienone is 1. The summed E-state index contributed by atoms with van der Waals surface area (Å²) in [6.07, 6.45) is 11.7. The van der Waals surface area contributed by atoms with Crippen molar-refractivity contribution < 1.29 is 8.42 Å². The molecule has 0 spiro atoms. The first-order valence-electron chi connectivity index (χ1n) is 15.5. The van der Waals surface area contributed by atoms with Crippen LogP contribution in [0.2, 0.25) is 0 Å². The lowest BCUT2D eigenvalue weighted by molar-refractivity contribution is 0.166. The van der Waals surface area contributed by atoms with Crippen molar-refractivity contribution in [2.45, 2.75) is 94.5 Å². The van der Waals surface area contributed by atoms with Crippen LogP contribution >= 0.6 is 11.8 Å². The zero-order chi connectivity index (χ0) is 28.7. The molecule has 2 aromatic rings. The third kappa shape index (κ3) is 8.25. The highest BCUT2D eigenvalue weighted by molar-refractivity contribution is 8.03. The number of aliphatic imine (C=N–C) groups is 1. The minimum absolute atomic E-state index is 0.00880. The van der Waals surface area contributed by atoms with Crippen molar-refractivity contribution in [1.82, 2.24) is 9.62 Å². The van der Waals surface area contributed by atoms with E-state index in [2.05, 4.69) is 16.5 Å². The number of sulfonamides is 1. The largest absolute Gasteiger partial charge is 0.387 e. The van der Waals surface area contributed by atoms with Crippen molar-refractivity contribution in [1.29, 1.82) is 0 Å². The van der Waals surface area contributed by atoms with Crippen molar-refractivity contribution in [3.05, 3.63) is 65.2 Å². The van der Waals surface area contributed by atoms with Gasteiger partial charge in [-0.25, -0.2) is 18.1 Å². The fourth-order valence-corrected chi connectivity index (χ4v) is 9.09. The molecular weight excluding hydrogens is 549 g/mol. The van der Waals surface area contributed by atoms with Crippen LogP contribution in [0.25, 0.3) is 11.1 Å². The highest BCUT2D eigenvalue weighted by atomic mass is 32.2. The van der Waals surface area contributed by atoms with E-state index in [1.165, 1.54) is 29.9 Å². The maximum absolute atomic E-state index is 13.2. The van der Waals surface area contributed by atoms with E-state index in [1.807, 2.05) is 54.2 Å². The highest BCUT2D eigenvalue weighted by Gasteiger charge is 2.29. The van der Waals surface area contributed by atoms with Crippen LogP contribution in [0.5, 0.6) is 0 Å². The van der Waals surface area contributed by atoms with Gasteiger partial charge < -0.3 is 10.6 Å². The lowest BCUT2D eigenvalue weighted by Crippen LogP contribution is -2.39. The summed E-state index contributed by atoms with van der Waals surface area (Å²) in [6.45, 7) is 4.55. The van der Waals surface area contributed by atoms with Crippen LogP contribution < -0.4 is 10.5 Å². The molecule has 0 amide bonds. The van der Waals surface area contributed by atoms with Gasteiger partial charge in [-0.3, -0.25) is 0 Å². The number of nitrogens with zero attached hydrogens (tertiary/aromatic N) is 2. The molecule has 3 N–H and O–H groups in total. The summed E-state index contributed by atoms with van der Waals surface area (Å²) < 4.78 is 29.4. The summed E-state index contributed by atoms with van der Waals surface area (Å²) in [7, 11) is -3.54. The van der Waals surface area contributed by atoms with Crippen LogP contribution in [0.3, 0.4) is 0 Å². The molecule has 2 aliphatic carbocycles. The number of nitrogens with one attached hydrogen (secondary N) is 1. The van der Waals surface area contributed by atoms with Gasteiger partial charge in [0.1, 0.15) is 5.84 Å². The minimum Gasteiger partial charge on any atom is -0.387 e. The third-order valence-electron chi connectivity index (χ3n) is 8.90. The third-order valence-corrected chi connectivity index (χ3v) is 11.6. The van der Waals surface area contributed by atoms with Crippen LogP contribution in [0, 0.1) is 5.92 Å². The van der Waals surface area contributed by atoms with E-state index in [-0.39, 0.29) is 6.04 Å². The number of rotatable bonds is 10. The highest BCUT2D eigenvalue weighted by Crippen LogP contribution is 2.38. The molecule has 1 fully saturated rings. The smallest absolute Gasteiger partial charge is 0.240 e. The average Bonchev–Trinajstić information content (AvgIpc) is 3.32. The van der Waals surface area contributed by atoms with Crippen molar-refractivity contribution in [3.8, 4) is 11.1 Å². The van der Waals surface area contributed by atoms with Crippen molar-refractivity contribution in [2.24, 2.45) is 16.6 Å². The Kier molecular flexibility index (Phi) is 10.6. The van der Waals surface area contributed by atoms with E-state index in [1.54, 1.807) is 12.1 Å². The van der Waals surface area contributed by atoms with E-state index < -0.39 is 10.0 Å². The van der Waals surface area contributed by atoms with E-state index in [4.69, 9.17) is 10.7 Å². The molecule has 41 heavy (non-hydrogen) atoms. The molecule has 0 bridgehead atoms. The predicted octanol–water partition coefficient (Wildman–Crippen LogP) is 6.94. The van der Waals surface area contributed by atoms with E-state index in [0.717, 1.165) is 87.2 Å². The first-order valence-corrected chi connectivity index (χ1v) is 18.0. The molecule has 0 aromatic heterocycles. The fraction of sp³-hybridized carbons (Fsp3) is 0.545. The summed E-state index contributed by atoms with van der Waals surface area (Å²) in [6, 6.07) is 17.9. The lowest BCUT2D eigenvalue weighted by Gasteiger charge is -2.36. The quantitative estimate of drug-likeness (QED) is 0.291. The molecule has 3 aliphatic rings. The van der Waals surface area contributed by atoms with Crippen LogP contribution in [-0.4, -0.2) is 50.1 Å². The van der Waals surface area contributed by atoms with Gasteiger partial charge in [-0.1, -0.05) is 62.2 Å². The van der Waals surface area contributed by atoms with Crippen molar-refractivity contribution >= 4 is 27.6 Å². The molecule has 0 saturated heterocycles. The molecule has 1 saturated carbocycles. The molecule has 0 radical (unpaired) electrons. The van der Waals surface area contributed by atoms with Gasteiger partial charge >= 0.3 is 0 Å². The number of hydrogen-bond donors (Lipinski definition) is 2. The summed E-state index contributed by atoms with van der Waals surface area (Å²) in [5, 5.41) is 0. The maximum atomic E-state index is 13.2. The number of hydrogen-bond acceptors (Lipinski definition) is 6. The van der Waals surface area contributed by atoms with Gasteiger partial charge in [-0.05, 0) is 93.6 Å². The van der Waals surface area contributed by atoms with E-state index >= 15 is 0 Å². The van der Waals surface area contributed by atoms with Gasteiger partial charge in [0.05, 0.1) is 10.6 Å². The zero-order valence-corrected chi connectivity index (χ0v) is 26.1. The van der Waals surface area contributed by atoms with Gasteiger partial charge in [0.15, 0.2) is 0 Å². The Balaban J connectivity index is 1.12. The molecule has 1 aliphatic heterocycles. The summed E-state index contributed by atoms with van der Waals surface area (Å²) >= 11 is 1.96. The zero-order valence-electron chi connectivity index (χ0n) is 24.4. The van der Waals surface area contributed by atoms with E-state index in [9.17, 15) is 8.42 Å². The Bertz CT molecular complexity index is 1310. The summed E-state index contributed by atoms with van der Waals surface area (Å²) in [5.41, 5.74) is 9.43. The molecular formula is C33H46N4O2S2. The molecule has 0 unspecified atom stereocenters. The monoisotopic (exact) mass is 594 g/mol. The number of amidine groups is 1. The minimum atomic E-state index is -3.54. The Hall–Kier alpha value is -2.13. The van der Waals surface area contributed by atoms with Gasteiger partial charge in [-0.2, -0.15) is 0 Å². The van der Waals surface area contributed by atoms with Gasteiger partial charge in [0, 0.05) is 29.2 Å². The Morgan fingerprint density at radius 1 is 0.951 bits per heavy atom. The average molecular weight is 595 g/mol. The topological polar surface area (TPSA) is 87.8 Å². The van der Waals surface area contributed by atoms with Gasteiger partial charge in [-0.15, -0.1) is 11.8 Å². The molecule has 5 rings (SSSR count). The predicted molar refractivity (Wildman–Crippen MR) is 172 cm³/mol. The van der Waals surface area contributed by atoms with Gasteiger partial charge in [0.25, 0.3) is 0 Å². The second kappa shape index (κ2) is 14.4. The van der Waals surface area contributed by atoms with Crippen LogP contribution in [0.4, 0.5) is 0 Å². The molecule has 1 heterocycles. The van der Waals surface area contributed by atoms with Crippen molar-refractivity contribution in [3.63, 3.8) is 0 Å². The number of benzene rings is 2. The summed E-state index contributed by atoms with van der Waals surface area (Å²) in [4.78, 5) is 9.26. The molecule has 222 valence electrons. The van der Waals surface area contributed by atoms with Crippen LogP contribution in [0.1, 0.15) is 77.6 Å². The standard InChI is InChI=1S/C33H46N4O2S2/c1-2-21-37(29-15-18-31-32(24-29)40-23-20-33(34)35-31)22-19-25-7-6-10-28(14-11-25)36-41(38,39)30-16-12-27(13-17-30)26-8-4-3-5-9-26/h3-5,8-9,12-13,16-17,25,28-29,36H,2,6-7,10-11,14-15,18-24H2,1H3,(H2,34,35)/t25-,28-,29-/m0/s1. The molecule has 3 atom stereocenters. The van der Waals surface area contributed by atoms with E-state index in [0.29, 0.717) is 16.9 Å². The number of thioether (sulfide) groups is 1.